The van der Waals surface area contributed by atoms with E-state index in [4.69, 9.17) is 21.9 Å². The number of aromatic nitrogens is 2. The highest BCUT2D eigenvalue weighted by Crippen LogP contribution is 2.25. The van der Waals surface area contributed by atoms with E-state index in [9.17, 15) is 4.79 Å². The molecule has 12 nitrogen and oxygen atoms in total. The highest BCUT2D eigenvalue weighted by atomic mass is 16.5. The zero-order valence-corrected chi connectivity index (χ0v) is 22.4. The molecule has 0 saturated carbocycles. The molecule has 0 saturated heterocycles. The Morgan fingerprint density at radius 3 is 1.64 bits per heavy atom. The lowest BCUT2D eigenvalue weighted by Gasteiger charge is -2.07. The first-order chi connectivity index (χ1) is 20.5. The molecule has 0 aliphatic carbocycles. The van der Waals surface area contributed by atoms with Crippen LogP contribution >= 0.6 is 0 Å². The Balaban J connectivity index is 0.000000216. The maximum absolute atomic E-state index is 11.8. The minimum atomic E-state index is -0.612. The van der Waals surface area contributed by atoms with Crippen LogP contribution in [0, 0.1) is 0 Å². The summed E-state index contributed by atoms with van der Waals surface area (Å²) in [5.41, 5.74) is 20.3. The first-order valence-corrected chi connectivity index (χ1v) is 12.7. The number of azo groups is 2. The van der Waals surface area contributed by atoms with Gasteiger partial charge in [-0.05, 0) is 54.1 Å². The van der Waals surface area contributed by atoms with Crippen molar-refractivity contribution >= 4 is 52.1 Å². The largest absolute Gasteiger partial charge is 0.444 e. The number of nitrogens with zero attached hydrogens (tertiary/aromatic N) is 6. The van der Waals surface area contributed by atoms with Gasteiger partial charge in [-0.3, -0.25) is 5.32 Å². The van der Waals surface area contributed by atoms with E-state index in [2.05, 4.69) is 35.7 Å². The summed E-state index contributed by atoms with van der Waals surface area (Å²) in [6, 6.07) is 34.6. The number of hydrogen-bond acceptors (Lipinski definition) is 11. The Hall–Kier alpha value is -6.17. The van der Waals surface area contributed by atoms with Crippen LogP contribution in [-0.4, -0.2) is 16.1 Å². The van der Waals surface area contributed by atoms with Crippen molar-refractivity contribution in [1.29, 1.82) is 0 Å². The van der Waals surface area contributed by atoms with Crippen molar-refractivity contribution in [3.05, 3.63) is 121 Å². The van der Waals surface area contributed by atoms with Crippen molar-refractivity contribution in [2.24, 2.45) is 20.5 Å². The summed E-state index contributed by atoms with van der Waals surface area (Å²) >= 11 is 0. The lowest BCUT2D eigenvalue weighted by Crippen LogP contribution is -2.14. The number of nitrogen functional groups attached to an aromatic ring is 3. The second-order valence-corrected chi connectivity index (χ2v) is 8.50. The maximum atomic E-state index is 11.8. The van der Waals surface area contributed by atoms with Crippen molar-refractivity contribution < 1.29 is 9.53 Å². The fraction of sp³-hybridized carbons (Fsp3) is 0.0333. The number of ether oxygens (including phenoxy) is 1. The third kappa shape index (κ3) is 9.24. The molecule has 42 heavy (non-hydrogen) atoms. The van der Waals surface area contributed by atoms with Crippen molar-refractivity contribution in [1.82, 2.24) is 9.97 Å². The van der Waals surface area contributed by atoms with Gasteiger partial charge in [0.1, 0.15) is 29.6 Å². The molecule has 0 atom stereocenters. The lowest BCUT2D eigenvalue weighted by molar-refractivity contribution is 0.155. The van der Waals surface area contributed by atoms with Crippen LogP contribution in [0.25, 0.3) is 0 Å². The predicted molar refractivity (Wildman–Crippen MR) is 163 cm³/mol. The van der Waals surface area contributed by atoms with Gasteiger partial charge in [-0.1, -0.05) is 66.7 Å². The number of nitrogens with one attached hydrogen (secondary N) is 1. The molecule has 3 aromatic carbocycles. The highest BCUT2D eigenvalue weighted by Gasteiger charge is 2.07. The van der Waals surface area contributed by atoms with Crippen molar-refractivity contribution in [2.75, 3.05) is 22.5 Å². The van der Waals surface area contributed by atoms with E-state index in [1.807, 2.05) is 91.0 Å². The topological polar surface area (TPSA) is 192 Å². The van der Waals surface area contributed by atoms with Crippen LogP contribution in [0.2, 0.25) is 0 Å². The molecule has 12 heteroatoms. The third-order valence-electron chi connectivity index (χ3n) is 5.33. The molecule has 0 radical (unpaired) electrons. The zero-order chi connectivity index (χ0) is 29.6. The lowest BCUT2D eigenvalue weighted by atomic mass is 10.2. The van der Waals surface area contributed by atoms with Gasteiger partial charge in [-0.2, -0.15) is 10.2 Å². The molecule has 210 valence electrons. The number of pyridine rings is 2. The summed E-state index contributed by atoms with van der Waals surface area (Å²) in [4.78, 5) is 19.8. The molecule has 2 aromatic heterocycles. The summed E-state index contributed by atoms with van der Waals surface area (Å²) < 4.78 is 5.13. The van der Waals surface area contributed by atoms with Gasteiger partial charge in [0.05, 0.1) is 11.4 Å². The Kier molecular flexibility index (Phi) is 10.2. The fourth-order valence-electron chi connectivity index (χ4n) is 3.27. The smallest absolute Gasteiger partial charge is 0.413 e. The van der Waals surface area contributed by atoms with E-state index in [1.165, 1.54) is 0 Å². The second kappa shape index (κ2) is 14.8. The van der Waals surface area contributed by atoms with Gasteiger partial charge in [0.15, 0.2) is 11.6 Å². The normalized spacial score (nSPS) is 10.7. The van der Waals surface area contributed by atoms with Crippen LogP contribution in [0.3, 0.4) is 0 Å². The van der Waals surface area contributed by atoms with Crippen molar-refractivity contribution in [2.45, 2.75) is 6.61 Å². The van der Waals surface area contributed by atoms with Gasteiger partial charge in [0.25, 0.3) is 0 Å². The number of amides is 1. The molecule has 1 amide bonds. The molecule has 0 aliphatic heterocycles. The van der Waals surface area contributed by atoms with E-state index in [1.54, 1.807) is 24.3 Å². The number of carbonyl (C=O) groups excluding carboxylic acids is 1. The summed E-state index contributed by atoms with van der Waals surface area (Å²) in [7, 11) is 0. The molecule has 5 aromatic rings. The SMILES string of the molecule is Nc1ccc(N=Nc2ccccc2)c(N)n1.Nc1nc(NC(=O)OCc2ccccc2)ccc1N=Nc1ccccc1. The summed E-state index contributed by atoms with van der Waals surface area (Å²) in [6.07, 6.45) is -0.612. The fourth-order valence-corrected chi connectivity index (χ4v) is 3.27. The third-order valence-corrected chi connectivity index (χ3v) is 5.33. The molecular weight excluding hydrogens is 532 g/mol. The van der Waals surface area contributed by atoms with E-state index >= 15 is 0 Å². The molecule has 2 heterocycles. The Bertz CT molecular complexity index is 1650. The van der Waals surface area contributed by atoms with Crippen LogP contribution in [-0.2, 0) is 11.3 Å². The van der Waals surface area contributed by atoms with E-state index in [0.29, 0.717) is 22.9 Å². The van der Waals surface area contributed by atoms with Crippen LogP contribution in [0.5, 0.6) is 0 Å². The molecule has 5 rings (SSSR count). The quantitative estimate of drug-likeness (QED) is 0.148. The number of hydrogen-bond donors (Lipinski definition) is 4. The number of benzene rings is 3. The second-order valence-electron chi connectivity index (χ2n) is 8.50. The van der Waals surface area contributed by atoms with Crippen LogP contribution in [0.4, 0.5) is 50.8 Å². The number of anilines is 4. The average molecular weight is 561 g/mol. The summed E-state index contributed by atoms with van der Waals surface area (Å²) in [6.45, 7) is 0.172. The van der Waals surface area contributed by atoms with Crippen LogP contribution in [0.1, 0.15) is 5.56 Å². The zero-order valence-electron chi connectivity index (χ0n) is 22.4. The van der Waals surface area contributed by atoms with E-state index < -0.39 is 6.09 Å². The molecule has 0 spiro atoms. The molecule has 0 bridgehead atoms. The van der Waals surface area contributed by atoms with Gasteiger partial charge in [0, 0.05) is 0 Å². The molecule has 0 aliphatic rings. The molecular formula is C30H28N10O2. The number of carbonyl (C=O) groups is 1. The number of nitrogens with two attached hydrogens (primary N) is 3. The van der Waals surface area contributed by atoms with Crippen molar-refractivity contribution in [3.8, 4) is 0 Å². The molecule has 0 unspecified atom stereocenters. The summed E-state index contributed by atoms with van der Waals surface area (Å²) in [5, 5.41) is 18.7. The highest BCUT2D eigenvalue weighted by molar-refractivity contribution is 5.84. The first-order valence-electron chi connectivity index (χ1n) is 12.7. The first kappa shape index (κ1) is 28.8. The van der Waals surface area contributed by atoms with Gasteiger partial charge >= 0.3 is 6.09 Å². The Morgan fingerprint density at radius 1 is 0.619 bits per heavy atom. The van der Waals surface area contributed by atoms with Gasteiger partial charge in [-0.25, -0.2) is 14.8 Å². The Morgan fingerprint density at radius 2 is 1.12 bits per heavy atom. The minimum Gasteiger partial charge on any atom is -0.444 e. The van der Waals surface area contributed by atoms with E-state index in [0.717, 1.165) is 11.3 Å². The predicted octanol–water partition coefficient (Wildman–Crippen LogP) is 7.49. The minimum absolute atomic E-state index is 0.158. The van der Waals surface area contributed by atoms with E-state index in [-0.39, 0.29) is 24.1 Å². The van der Waals surface area contributed by atoms with Gasteiger partial charge in [-0.15, -0.1) is 10.2 Å². The standard InChI is InChI=1S/C19H17N5O2.C11H11N5/c20-18-16(24-23-15-9-5-2-6-10-15)11-12-17(21-18)22-19(25)26-13-14-7-3-1-4-8-14;12-10-7-6-9(11(13)14-10)16-15-8-4-2-1-3-5-8/h1-12H,13H2,(H3,20,21,22,25);1-7H,(H4,12,13,14). The van der Waals surface area contributed by atoms with Crippen LogP contribution in [0.15, 0.2) is 136 Å². The monoisotopic (exact) mass is 560 g/mol. The summed E-state index contributed by atoms with van der Waals surface area (Å²) in [5.74, 6) is 1.08. The molecule has 0 fully saturated rings. The Labute approximate surface area is 242 Å². The van der Waals surface area contributed by atoms with Crippen molar-refractivity contribution in [3.63, 3.8) is 0 Å². The van der Waals surface area contributed by atoms with Gasteiger partial charge in [0.2, 0.25) is 0 Å². The number of rotatable bonds is 7. The maximum Gasteiger partial charge on any atom is 0.413 e. The van der Waals surface area contributed by atoms with Crippen LogP contribution < -0.4 is 22.5 Å². The van der Waals surface area contributed by atoms with Gasteiger partial charge < -0.3 is 21.9 Å². The average Bonchev–Trinajstić information content (AvgIpc) is 3.01. The molecule has 7 N–H and O–H groups in total.